The van der Waals surface area contributed by atoms with Gasteiger partial charge in [-0.15, -0.1) is 10.2 Å². The highest BCUT2D eigenvalue weighted by atomic mass is 19.3. The number of nitrogens with zero attached hydrogens (tertiary/aromatic N) is 5. The molecule has 2 fully saturated rings. The summed E-state index contributed by atoms with van der Waals surface area (Å²) < 4.78 is 32.3. The summed E-state index contributed by atoms with van der Waals surface area (Å²) in [7, 11) is 1.49. The predicted molar refractivity (Wildman–Crippen MR) is 138 cm³/mol. The maximum Gasteiger partial charge on any atom is 0.412 e. The molecule has 3 heterocycles. The summed E-state index contributed by atoms with van der Waals surface area (Å²) in [6.45, 7) is 3.58. The van der Waals surface area contributed by atoms with Crippen molar-refractivity contribution in [1.29, 1.82) is 0 Å². The molecule has 1 atom stereocenters. The number of anilines is 1. The van der Waals surface area contributed by atoms with Crippen molar-refractivity contribution in [3.8, 4) is 17.0 Å². The molecule has 3 aromatic rings. The second-order valence-corrected chi connectivity index (χ2v) is 9.91. The number of piperazine rings is 1. The Balaban J connectivity index is 1.34. The van der Waals surface area contributed by atoms with E-state index in [1.54, 1.807) is 24.5 Å². The number of carbonyl (C=O) groups excluding carboxylic acids is 2. The fourth-order valence-corrected chi connectivity index (χ4v) is 5.27. The lowest BCUT2D eigenvalue weighted by molar-refractivity contribution is -0.142. The summed E-state index contributed by atoms with van der Waals surface area (Å²) in [4.78, 5) is 32.8. The van der Waals surface area contributed by atoms with Crippen molar-refractivity contribution in [2.45, 2.75) is 44.6 Å². The Morgan fingerprint density at radius 1 is 1.05 bits per heavy atom. The third kappa shape index (κ3) is 5.23. The van der Waals surface area contributed by atoms with E-state index in [0.717, 1.165) is 16.3 Å². The Morgan fingerprint density at radius 2 is 1.79 bits per heavy atom. The van der Waals surface area contributed by atoms with Gasteiger partial charge in [0, 0.05) is 80.2 Å². The van der Waals surface area contributed by atoms with Gasteiger partial charge in [0.25, 0.3) is 0 Å². The van der Waals surface area contributed by atoms with Gasteiger partial charge in [0.1, 0.15) is 11.4 Å². The van der Waals surface area contributed by atoms with Crippen molar-refractivity contribution in [3.05, 3.63) is 42.7 Å². The maximum atomic E-state index is 13.6. The van der Waals surface area contributed by atoms with Crippen LogP contribution in [-0.4, -0.2) is 70.7 Å². The zero-order chi connectivity index (χ0) is 26.9. The molecular weight excluding hydrogens is 494 g/mol. The second kappa shape index (κ2) is 10.5. The minimum atomic E-state index is -2.65. The minimum Gasteiger partial charge on any atom is -0.410 e. The lowest BCUT2D eigenvalue weighted by atomic mass is 9.85. The minimum absolute atomic E-state index is 0.0237. The van der Waals surface area contributed by atoms with Gasteiger partial charge < -0.3 is 19.9 Å². The van der Waals surface area contributed by atoms with E-state index >= 15 is 0 Å². The number of benzene rings is 1. The van der Waals surface area contributed by atoms with Crippen LogP contribution in [0.15, 0.2) is 42.7 Å². The van der Waals surface area contributed by atoms with Crippen LogP contribution in [0.5, 0.6) is 5.75 Å². The molecule has 2 amide bonds. The van der Waals surface area contributed by atoms with E-state index in [-0.39, 0.29) is 43.6 Å². The van der Waals surface area contributed by atoms with Crippen LogP contribution in [0.2, 0.25) is 0 Å². The van der Waals surface area contributed by atoms with Gasteiger partial charge >= 0.3 is 6.09 Å². The van der Waals surface area contributed by atoms with Crippen LogP contribution >= 0.6 is 0 Å². The lowest BCUT2D eigenvalue weighted by Gasteiger charge is -2.42. The quantitative estimate of drug-likeness (QED) is 0.544. The number of halogens is 2. The molecule has 0 radical (unpaired) electrons. The van der Waals surface area contributed by atoms with Crippen molar-refractivity contribution < 1.29 is 23.1 Å². The topological polar surface area (TPSA) is 101 Å². The van der Waals surface area contributed by atoms with Gasteiger partial charge in [0.15, 0.2) is 5.82 Å². The van der Waals surface area contributed by atoms with E-state index in [4.69, 9.17) is 4.74 Å². The number of hydrogen-bond acceptors (Lipinski definition) is 7. The van der Waals surface area contributed by atoms with E-state index < -0.39 is 12.0 Å². The van der Waals surface area contributed by atoms with E-state index in [1.165, 1.54) is 7.05 Å². The molecule has 0 spiro atoms. The molecule has 11 heteroatoms. The number of rotatable bonds is 4. The molecule has 200 valence electrons. The van der Waals surface area contributed by atoms with Crippen LogP contribution in [0.3, 0.4) is 0 Å². The maximum absolute atomic E-state index is 13.6. The number of alkyl halides is 2. The molecule has 1 aliphatic heterocycles. The molecule has 1 aromatic carbocycles. The number of hydrogen-bond donors (Lipinski definition) is 1. The zero-order valence-electron chi connectivity index (χ0n) is 21.4. The molecule has 1 saturated carbocycles. The number of amides is 2. The molecule has 1 saturated heterocycles. The van der Waals surface area contributed by atoms with Gasteiger partial charge in [-0.1, -0.05) is 0 Å². The first-order chi connectivity index (χ1) is 18.3. The monoisotopic (exact) mass is 524 g/mol. The Bertz CT molecular complexity index is 1330. The molecule has 9 nitrogen and oxygen atoms in total. The Kier molecular flexibility index (Phi) is 7.09. The van der Waals surface area contributed by atoms with Gasteiger partial charge in [-0.3, -0.25) is 9.78 Å². The SMILES string of the molecule is CNC(=O)Oc1ccc(-c2nnc(N3CCN(C(=O)C4CCC(F)(F)CC4)[C@@H](C)C3)c3cnccc23)cc1. The van der Waals surface area contributed by atoms with Gasteiger partial charge in [0.05, 0.1) is 0 Å². The van der Waals surface area contributed by atoms with Gasteiger partial charge in [-0.25, -0.2) is 13.6 Å². The molecule has 5 rings (SSSR count). The van der Waals surface area contributed by atoms with E-state index in [2.05, 4.69) is 25.4 Å². The van der Waals surface area contributed by atoms with Gasteiger partial charge in [-0.2, -0.15) is 0 Å². The average Bonchev–Trinajstić information content (AvgIpc) is 2.92. The Hall–Kier alpha value is -3.89. The number of fused-ring (bicyclic) bond motifs is 1. The van der Waals surface area contributed by atoms with E-state index in [0.29, 0.717) is 36.9 Å². The third-order valence-corrected chi connectivity index (χ3v) is 7.38. The number of carbonyl (C=O) groups is 2. The number of aromatic nitrogens is 3. The van der Waals surface area contributed by atoms with E-state index in [9.17, 15) is 18.4 Å². The van der Waals surface area contributed by atoms with Crippen molar-refractivity contribution in [2.24, 2.45) is 5.92 Å². The largest absolute Gasteiger partial charge is 0.412 e. The first-order valence-corrected chi connectivity index (χ1v) is 12.8. The van der Waals surface area contributed by atoms with Crippen molar-refractivity contribution in [1.82, 2.24) is 25.4 Å². The van der Waals surface area contributed by atoms with Crippen LogP contribution < -0.4 is 15.0 Å². The Labute approximate surface area is 219 Å². The zero-order valence-corrected chi connectivity index (χ0v) is 21.4. The summed E-state index contributed by atoms with van der Waals surface area (Å²) in [5.41, 5.74) is 1.49. The Morgan fingerprint density at radius 3 is 2.47 bits per heavy atom. The molecule has 38 heavy (non-hydrogen) atoms. The number of pyridine rings is 1. The predicted octanol–water partition coefficient (Wildman–Crippen LogP) is 4.27. The molecule has 2 aromatic heterocycles. The number of nitrogens with one attached hydrogen (secondary N) is 1. The van der Waals surface area contributed by atoms with Crippen LogP contribution in [0.4, 0.5) is 19.4 Å². The molecular formula is C27H30F2N6O3. The normalized spacial score (nSPS) is 19.8. The molecule has 1 N–H and O–H groups in total. The van der Waals surface area contributed by atoms with Crippen LogP contribution in [0, 0.1) is 5.92 Å². The highest BCUT2D eigenvalue weighted by Crippen LogP contribution is 2.38. The molecule has 0 unspecified atom stereocenters. The summed E-state index contributed by atoms with van der Waals surface area (Å²) in [5, 5.41) is 13.2. The van der Waals surface area contributed by atoms with Gasteiger partial charge in [0.2, 0.25) is 11.8 Å². The fraction of sp³-hybridized carbons (Fsp3) is 0.444. The summed E-state index contributed by atoms with van der Waals surface area (Å²) in [6, 6.07) is 8.81. The summed E-state index contributed by atoms with van der Waals surface area (Å²) >= 11 is 0. The molecule has 1 aliphatic carbocycles. The highest BCUT2D eigenvalue weighted by Gasteiger charge is 2.40. The van der Waals surface area contributed by atoms with E-state index in [1.807, 2.05) is 30.0 Å². The first kappa shape index (κ1) is 25.7. The second-order valence-electron chi connectivity index (χ2n) is 9.91. The molecule has 2 aliphatic rings. The van der Waals surface area contributed by atoms with Gasteiger partial charge in [-0.05, 0) is 50.1 Å². The smallest absolute Gasteiger partial charge is 0.410 e. The highest BCUT2D eigenvalue weighted by molar-refractivity contribution is 5.99. The fourth-order valence-electron chi connectivity index (χ4n) is 5.27. The third-order valence-electron chi connectivity index (χ3n) is 7.38. The summed E-state index contributed by atoms with van der Waals surface area (Å²) in [5.74, 6) is -1.91. The molecule has 0 bridgehead atoms. The summed E-state index contributed by atoms with van der Waals surface area (Å²) in [6.07, 6.45) is 2.95. The van der Waals surface area contributed by atoms with Crippen molar-refractivity contribution in [3.63, 3.8) is 0 Å². The van der Waals surface area contributed by atoms with Crippen LogP contribution in [0.1, 0.15) is 32.6 Å². The van der Waals surface area contributed by atoms with Crippen molar-refractivity contribution >= 4 is 28.6 Å². The first-order valence-electron chi connectivity index (χ1n) is 12.8. The number of ether oxygens (including phenoxy) is 1. The standard InChI is InChI=1S/C27H30F2N6O3/c1-17-16-34(13-14-35(17)25(36)19-7-10-27(28,29)11-8-19)24-22-15-31-12-9-21(22)23(32-33-24)18-3-5-20(6-4-18)38-26(37)30-2/h3-6,9,12,15,17,19H,7-8,10-11,13-14,16H2,1-2H3,(H,30,37)/t17-/m0/s1. The van der Waals surface area contributed by atoms with Crippen LogP contribution in [-0.2, 0) is 4.79 Å². The average molecular weight is 525 g/mol. The van der Waals surface area contributed by atoms with Crippen molar-refractivity contribution in [2.75, 3.05) is 31.6 Å². The van der Waals surface area contributed by atoms with Crippen LogP contribution in [0.25, 0.3) is 22.0 Å². The lowest BCUT2D eigenvalue weighted by Crippen LogP contribution is -2.56.